The van der Waals surface area contributed by atoms with E-state index in [-0.39, 0.29) is 5.75 Å². The summed E-state index contributed by atoms with van der Waals surface area (Å²) in [6.07, 6.45) is 6.60. The average Bonchev–Trinajstić information content (AvgIpc) is 2.31. The number of nitrogens with zero attached hydrogens (tertiary/aromatic N) is 2. The first-order chi connectivity index (χ1) is 8.54. The molecule has 3 nitrogen and oxygen atoms in total. The Bertz CT molecular complexity index is 392. The molecule has 0 atom stereocenters. The molecular weight excluding hydrogens is 306 g/mol. The standard InChI is InChI=1S/C12H15BrF2N2O/c13-12(14,15)18-11-4-5-16-8-10(11)9-17-6-2-1-3-7-17/h4-5,8H,1-3,6-7,9H2. The van der Waals surface area contributed by atoms with E-state index < -0.39 is 5.02 Å². The number of halogens is 3. The van der Waals surface area contributed by atoms with Crippen molar-refractivity contribution in [1.29, 1.82) is 0 Å². The summed E-state index contributed by atoms with van der Waals surface area (Å²) in [4.78, 5) is 6.21. The second kappa shape index (κ2) is 5.93. The van der Waals surface area contributed by atoms with Gasteiger partial charge in [-0.3, -0.25) is 9.88 Å². The summed E-state index contributed by atoms with van der Waals surface area (Å²) >= 11 is 2.19. The molecule has 1 aromatic rings. The van der Waals surface area contributed by atoms with Crippen molar-refractivity contribution >= 4 is 15.9 Å². The van der Waals surface area contributed by atoms with Gasteiger partial charge in [-0.15, -0.1) is 0 Å². The second-order valence-corrected chi connectivity index (χ2v) is 5.29. The fourth-order valence-electron chi connectivity index (χ4n) is 2.12. The average molecular weight is 321 g/mol. The van der Waals surface area contributed by atoms with Crippen LogP contribution in [-0.4, -0.2) is 28.0 Å². The van der Waals surface area contributed by atoms with Gasteiger partial charge in [0.05, 0.1) is 0 Å². The van der Waals surface area contributed by atoms with Gasteiger partial charge in [0.15, 0.2) is 0 Å². The van der Waals surface area contributed by atoms with E-state index in [1.165, 1.54) is 18.7 Å². The van der Waals surface area contributed by atoms with Gasteiger partial charge in [0.1, 0.15) is 5.75 Å². The molecule has 0 spiro atoms. The molecule has 6 heteroatoms. The molecule has 0 N–H and O–H groups in total. The van der Waals surface area contributed by atoms with Gasteiger partial charge in [-0.2, -0.15) is 8.78 Å². The molecule has 2 heterocycles. The molecule has 2 rings (SSSR count). The molecule has 0 bridgehead atoms. The molecule has 0 unspecified atom stereocenters. The molecule has 1 saturated heterocycles. The van der Waals surface area contributed by atoms with E-state index in [0.717, 1.165) is 25.9 Å². The van der Waals surface area contributed by atoms with Crippen molar-refractivity contribution in [2.75, 3.05) is 13.1 Å². The molecular formula is C12H15BrF2N2O. The summed E-state index contributed by atoms with van der Waals surface area (Å²) < 4.78 is 30.2. The van der Waals surface area contributed by atoms with Crippen molar-refractivity contribution in [3.63, 3.8) is 0 Å². The van der Waals surface area contributed by atoms with E-state index in [0.29, 0.717) is 12.1 Å². The largest absolute Gasteiger partial charge is 0.459 e. The van der Waals surface area contributed by atoms with Crippen molar-refractivity contribution in [1.82, 2.24) is 9.88 Å². The van der Waals surface area contributed by atoms with Crippen molar-refractivity contribution in [3.05, 3.63) is 24.0 Å². The van der Waals surface area contributed by atoms with Crippen LogP contribution in [0.2, 0.25) is 0 Å². The predicted molar refractivity (Wildman–Crippen MR) is 67.9 cm³/mol. The van der Waals surface area contributed by atoms with Crippen LogP contribution < -0.4 is 4.74 Å². The maximum atomic E-state index is 12.8. The summed E-state index contributed by atoms with van der Waals surface area (Å²) in [7, 11) is 0. The van der Waals surface area contributed by atoms with E-state index in [1.54, 1.807) is 6.20 Å². The molecule has 18 heavy (non-hydrogen) atoms. The van der Waals surface area contributed by atoms with Crippen LogP contribution in [0.5, 0.6) is 5.75 Å². The third-order valence-electron chi connectivity index (χ3n) is 2.93. The Morgan fingerprint density at radius 1 is 1.33 bits per heavy atom. The fourth-order valence-corrected chi connectivity index (χ4v) is 2.29. The zero-order chi connectivity index (χ0) is 13.0. The van der Waals surface area contributed by atoms with Gasteiger partial charge in [0, 0.05) is 40.4 Å². The van der Waals surface area contributed by atoms with Gasteiger partial charge in [-0.25, -0.2) is 0 Å². The van der Waals surface area contributed by atoms with E-state index in [9.17, 15) is 8.78 Å². The number of ether oxygens (including phenoxy) is 1. The minimum Gasteiger partial charge on any atom is -0.423 e. The third-order valence-corrected chi connectivity index (χ3v) is 3.09. The van der Waals surface area contributed by atoms with Crippen molar-refractivity contribution in [2.24, 2.45) is 0 Å². The molecule has 1 aromatic heterocycles. The first kappa shape index (κ1) is 13.7. The fraction of sp³-hybridized carbons (Fsp3) is 0.583. The molecule has 1 aliphatic rings. The van der Waals surface area contributed by atoms with Crippen molar-refractivity contribution in [3.8, 4) is 5.75 Å². The van der Waals surface area contributed by atoms with Crippen LogP contribution in [0.15, 0.2) is 18.5 Å². The highest BCUT2D eigenvalue weighted by Gasteiger charge is 2.28. The lowest BCUT2D eigenvalue weighted by Gasteiger charge is -2.27. The van der Waals surface area contributed by atoms with Crippen LogP contribution in [0.1, 0.15) is 24.8 Å². The molecule has 0 radical (unpaired) electrons. The SMILES string of the molecule is FC(F)(Br)Oc1ccncc1CN1CCCCC1. The summed E-state index contributed by atoms with van der Waals surface area (Å²) in [6.45, 7) is 2.60. The van der Waals surface area contributed by atoms with Gasteiger partial charge >= 0.3 is 5.02 Å². The smallest absolute Gasteiger partial charge is 0.423 e. The maximum Gasteiger partial charge on any atom is 0.459 e. The maximum absolute atomic E-state index is 12.8. The summed E-state index contributed by atoms with van der Waals surface area (Å²) in [6, 6.07) is 1.47. The van der Waals surface area contributed by atoms with Gasteiger partial charge in [-0.1, -0.05) is 6.42 Å². The summed E-state index contributed by atoms with van der Waals surface area (Å²) in [5.41, 5.74) is 0.693. The molecule has 100 valence electrons. The summed E-state index contributed by atoms with van der Waals surface area (Å²) in [5, 5.41) is -3.34. The van der Waals surface area contributed by atoms with Gasteiger partial charge < -0.3 is 4.74 Å². The van der Waals surface area contributed by atoms with Gasteiger partial charge in [-0.05, 0) is 32.0 Å². The Morgan fingerprint density at radius 2 is 2.06 bits per heavy atom. The number of rotatable bonds is 4. The molecule has 0 amide bonds. The zero-order valence-corrected chi connectivity index (χ0v) is 11.5. The number of hydrogen-bond donors (Lipinski definition) is 0. The quantitative estimate of drug-likeness (QED) is 0.795. The molecule has 0 aromatic carbocycles. The van der Waals surface area contributed by atoms with Crippen LogP contribution in [0.4, 0.5) is 8.78 Å². The van der Waals surface area contributed by atoms with E-state index in [1.807, 2.05) is 0 Å². The van der Waals surface area contributed by atoms with Crippen LogP contribution in [0, 0.1) is 0 Å². The monoisotopic (exact) mass is 320 g/mol. The van der Waals surface area contributed by atoms with E-state index >= 15 is 0 Å². The lowest BCUT2D eigenvalue weighted by Crippen LogP contribution is -2.29. The lowest BCUT2D eigenvalue weighted by molar-refractivity contribution is -0.0811. The number of piperidine rings is 1. The second-order valence-electron chi connectivity index (χ2n) is 4.37. The molecule has 0 aliphatic carbocycles. The Kier molecular flexibility index (Phi) is 4.50. The summed E-state index contributed by atoms with van der Waals surface area (Å²) in [5.74, 6) is 0.178. The van der Waals surface area contributed by atoms with Gasteiger partial charge in [0.25, 0.3) is 0 Å². The number of alkyl halides is 3. The predicted octanol–water partition coefficient (Wildman–Crippen LogP) is 3.39. The van der Waals surface area contributed by atoms with Crippen molar-refractivity contribution < 1.29 is 13.5 Å². The minimum absolute atomic E-state index is 0.178. The topological polar surface area (TPSA) is 25.4 Å². The third kappa shape index (κ3) is 4.17. The Hall–Kier alpha value is -0.750. The number of hydrogen-bond acceptors (Lipinski definition) is 3. The number of aromatic nitrogens is 1. The van der Waals surface area contributed by atoms with E-state index in [4.69, 9.17) is 0 Å². The Labute approximate surface area is 113 Å². The van der Waals surface area contributed by atoms with Crippen LogP contribution in [0.25, 0.3) is 0 Å². The van der Waals surface area contributed by atoms with E-state index in [2.05, 4.69) is 30.6 Å². The van der Waals surface area contributed by atoms with Crippen LogP contribution in [-0.2, 0) is 6.54 Å². The number of likely N-dealkylation sites (tertiary alicyclic amines) is 1. The Balaban J connectivity index is 2.06. The lowest BCUT2D eigenvalue weighted by atomic mass is 10.1. The molecule has 1 fully saturated rings. The van der Waals surface area contributed by atoms with Crippen LogP contribution >= 0.6 is 15.9 Å². The molecule has 1 aliphatic heterocycles. The highest BCUT2D eigenvalue weighted by molar-refractivity contribution is 9.09. The normalized spacial score (nSPS) is 17.7. The Morgan fingerprint density at radius 3 is 2.72 bits per heavy atom. The van der Waals surface area contributed by atoms with Gasteiger partial charge in [0.2, 0.25) is 0 Å². The van der Waals surface area contributed by atoms with Crippen molar-refractivity contribution in [2.45, 2.75) is 30.8 Å². The van der Waals surface area contributed by atoms with Crippen LogP contribution in [0.3, 0.4) is 0 Å². The first-order valence-corrected chi connectivity index (χ1v) is 6.75. The first-order valence-electron chi connectivity index (χ1n) is 5.95. The highest BCUT2D eigenvalue weighted by atomic mass is 79.9. The minimum atomic E-state index is -3.34. The number of pyridine rings is 1. The molecule has 0 saturated carbocycles. The zero-order valence-electron chi connectivity index (χ0n) is 9.91. The highest BCUT2D eigenvalue weighted by Crippen LogP contribution is 2.29.